The maximum atomic E-state index is 13.8. The van der Waals surface area contributed by atoms with Crippen LogP contribution in [0.15, 0.2) is 0 Å². The summed E-state index contributed by atoms with van der Waals surface area (Å²) in [6, 6.07) is 0. The molecule has 0 amide bonds. The molecule has 21 heavy (non-hydrogen) atoms. The molecule has 0 aliphatic heterocycles. The van der Waals surface area contributed by atoms with Gasteiger partial charge in [0.05, 0.1) is 6.10 Å². The molecule has 4 rings (SSSR count). The second-order valence-electron chi connectivity index (χ2n) is 9.17. The van der Waals surface area contributed by atoms with E-state index in [-0.39, 0.29) is 11.5 Å². The molecule has 4 fully saturated rings. The molecule has 1 nitrogen and oxygen atoms in total. The number of aliphatic hydroxyl groups excluding tert-OH is 1. The van der Waals surface area contributed by atoms with Crippen molar-refractivity contribution in [2.75, 3.05) is 0 Å². The van der Waals surface area contributed by atoms with Crippen LogP contribution in [0.3, 0.4) is 0 Å². The van der Waals surface area contributed by atoms with E-state index in [0.717, 1.165) is 43.4 Å². The summed E-state index contributed by atoms with van der Waals surface area (Å²) in [4.78, 5) is 0. The maximum absolute atomic E-state index is 13.8. The van der Waals surface area contributed by atoms with Crippen LogP contribution in [0.2, 0.25) is 0 Å². The molecule has 4 saturated carbocycles. The van der Waals surface area contributed by atoms with E-state index in [1.54, 1.807) is 0 Å². The molecule has 0 bridgehead atoms. The van der Waals surface area contributed by atoms with Gasteiger partial charge >= 0.3 is 0 Å². The number of hydrogen-bond acceptors (Lipinski definition) is 1. The van der Waals surface area contributed by atoms with Crippen molar-refractivity contribution in [3.05, 3.63) is 0 Å². The summed E-state index contributed by atoms with van der Waals surface area (Å²) in [6.07, 6.45) is 9.35. The smallest absolute Gasteiger partial charge is 0.100 e. The number of aliphatic hydroxyl groups is 1. The molecule has 1 N–H and O–H groups in total. The van der Waals surface area contributed by atoms with Gasteiger partial charge in [0.2, 0.25) is 0 Å². The van der Waals surface area contributed by atoms with Crippen LogP contribution in [-0.4, -0.2) is 17.4 Å². The highest BCUT2D eigenvalue weighted by atomic mass is 19.1. The zero-order valence-electron chi connectivity index (χ0n) is 13.7. The minimum absolute atomic E-state index is 0.0736. The Hall–Kier alpha value is -0.110. The van der Waals surface area contributed by atoms with E-state index >= 15 is 0 Å². The standard InChI is InChI=1S/C19H31FO/c1-18-9-7-13(20)11-12(18)3-4-14-15-5-6-17(21)19(15,2)10-8-16(14)18/h12-17,21H,3-11H2,1-2H3/t12-,13-,14-,15-,16-,17-,18-,19-/m0/s1. The molecule has 0 radical (unpaired) electrons. The zero-order chi connectivity index (χ0) is 14.8. The van der Waals surface area contributed by atoms with Crippen LogP contribution >= 0.6 is 0 Å². The fourth-order valence-electron chi connectivity index (χ4n) is 7.18. The molecule has 120 valence electrons. The van der Waals surface area contributed by atoms with Crippen LogP contribution in [0.1, 0.15) is 71.6 Å². The van der Waals surface area contributed by atoms with Crippen molar-refractivity contribution in [1.29, 1.82) is 0 Å². The van der Waals surface area contributed by atoms with Gasteiger partial charge in [-0.2, -0.15) is 0 Å². The zero-order valence-corrected chi connectivity index (χ0v) is 13.7. The molecule has 4 aliphatic carbocycles. The molecule has 0 aromatic rings. The highest BCUT2D eigenvalue weighted by Crippen LogP contribution is 2.66. The maximum Gasteiger partial charge on any atom is 0.100 e. The lowest BCUT2D eigenvalue weighted by atomic mass is 9.45. The first-order chi connectivity index (χ1) is 9.95. The Morgan fingerprint density at radius 3 is 2.38 bits per heavy atom. The lowest BCUT2D eigenvalue weighted by Gasteiger charge is -2.60. The van der Waals surface area contributed by atoms with Crippen molar-refractivity contribution in [3.63, 3.8) is 0 Å². The third kappa shape index (κ3) is 1.90. The van der Waals surface area contributed by atoms with Crippen LogP contribution in [0.4, 0.5) is 4.39 Å². The Morgan fingerprint density at radius 2 is 1.57 bits per heavy atom. The monoisotopic (exact) mass is 294 g/mol. The van der Waals surface area contributed by atoms with Gasteiger partial charge in [-0.25, -0.2) is 4.39 Å². The molecule has 0 unspecified atom stereocenters. The SMILES string of the molecule is C[C@]12CC[C@H](F)C[C@@H]1CC[C@@H]1[C@@H]2CC[C@]2(C)[C@@H](O)CC[C@@H]12. The summed E-state index contributed by atoms with van der Waals surface area (Å²) in [5, 5.41) is 10.5. The molecule has 0 spiro atoms. The number of rotatable bonds is 0. The second-order valence-corrected chi connectivity index (χ2v) is 9.17. The van der Waals surface area contributed by atoms with Gasteiger partial charge in [0.1, 0.15) is 6.17 Å². The van der Waals surface area contributed by atoms with E-state index < -0.39 is 6.17 Å². The third-order valence-electron chi connectivity index (χ3n) is 8.55. The largest absolute Gasteiger partial charge is 0.393 e. The van der Waals surface area contributed by atoms with Gasteiger partial charge in [-0.15, -0.1) is 0 Å². The quantitative estimate of drug-likeness (QED) is 0.685. The average Bonchev–Trinajstić information content (AvgIpc) is 2.76. The summed E-state index contributed by atoms with van der Waals surface area (Å²) in [5.74, 6) is 2.95. The average molecular weight is 294 g/mol. The summed E-state index contributed by atoms with van der Waals surface area (Å²) in [6.45, 7) is 4.83. The van der Waals surface area contributed by atoms with Crippen LogP contribution in [0, 0.1) is 34.5 Å². The van der Waals surface area contributed by atoms with Crippen molar-refractivity contribution in [3.8, 4) is 0 Å². The van der Waals surface area contributed by atoms with Crippen molar-refractivity contribution < 1.29 is 9.50 Å². The van der Waals surface area contributed by atoms with Crippen LogP contribution in [0.5, 0.6) is 0 Å². The summed E-state index contributed by atoms with van der Waals surface area (Å²) in [7, 11) is 0. The third-order valence-corrected chi connectivity index (χ3v) is 8.55. The van der Waals surface area contributed by atoms with Crippen molar-refractivity contribution in [2.45, 2.75) is 83.9 Å². The number of alkyl halides is 1. The molecule has 4 aliphatic rings. The summed E-state index contributed by atoms with van der Waals surface area (Å²) in [5.41, 5.74) is 0.571. The second kappa shape index (κ2) is 4.69. The summed E-state index contributed by atoms with van der Waals surface area (Å²) < 4.78 is 13.8. The fraction of sp³-hybridized carbons (Fsp3) is 1.00. The molecular formula is C19H31FO. The van der Waals surface area contributed by atoms with Crippen LogP contribution in [-0.2, 0) is 0 Å². The van der Waals surface area contributed by atoms with E-state index in [2.05, 4.69) is 13.8 Å². The Balaban J connectivity index is 1.62. The van der Waals surface area contributed by atoms with Gasteiger partial charge in [0.15, 0.2) is 0 Å². The minimum atomic E-state index is -0.540. The first-order valence-corrected chi connectivity index (χ1v) is 9.27. The highest BCUT2D eigenvalue weighted by molar-refractivity contribution is 5.09. The van der Waals surface area contributed by atoms with Crippen LogP contribution in [0.25, 0.3) is 0 Å². The lowest BCUT2D eigenvalue weighted by molar-refractivity contribution is -0.128. The van der Waals surface area contributed by atoms with E-state index in [1.807, 2.05) is 0 Å². The molecule has 0 saturated heterocycles. The Bertz CT molecular complexity index is 424. The Labute approximate surface area is 128 Å². The molecule has 0 aromatic carbocycles. The molecule has 8 atom stereocenters. The van der Waals surface area contributed by atoms with Crippen molar-refractivity contribution in [1.82, 2.24) is 0 Å². The van der Waals surface area contributed by atoms with Gasteiger partial charge in [0.25, 0.3) is 0 Å². The Kier molecular flexibility index (Phi) is 3.24. The first-order valence-electron chi connectivity index (χ1n) is 9.27. The van der Waals surface area contributed by atoms with Crippen molar-refractivity contribution in [2.24, 2.45) is 34.5 Å². The molecule has 0 heterocycles. The van der Waals surface area contributed by atoms with Gasteiger partial charge in [-0.3, -0.25) is 0 Å². The van der Waals surface area contributed by atoms with Gasteiger partial charge in [-0.1, -0.05) is 13.8 Å². The molecule has 2 heteroatoms. The Morgan fingerprint density at radius 1 is 0.857 bits per heavy atom. The first kappa shape index (κ1) is 14.5. The highest BCUT2D eigenvalue weighted by Gasteiger charge is 2.60. The van der Waals surface area contributed by atoms with Crippen LogP contribution < -0.4 is 0 Å². The fourth-order valence-corrected chi connectivity index (χ4v) is 7.18. The van der Waals surface area contributed by atoms with Crippen molar-refractivity contribution >= 4 is 0 Å². The van der Waals surface area contributed by atoms with E-state index in [0.29, 0.717) is 11.3 Å². The van der Waals surface area contributed by atoms with Gasteiger partial charge in [0, 0.05) is 0 Å². The van der Waals surface area contributed by atoms with Gasteiger partial charge < -0.3 is 5.11 Å². The van der Waals surface area contributed by atoms with E-state index in [9.17, 15) is 9.50 Å². The van der Waals surface area contributed by atoms with E-state index in [1.165, 1.54) is 32.1 Å². The number of halogens is 1. The minimum Gasteiger partial charge on any atom is -0.393 e. The van der Waals surface area contributed by atoms with Gasteiger partial charge in [-0.05, 0) is 92.3 Å². The molecule has 0 aromatic heterocycles. The summed E-state index contributed by atoms with van der Waals surface area (Å²) >= 11 is 0. The molecular weight excluding hydrogens is 263 g/mol. The predicted molar refractivity (Wildman–Crippen MR) is 82.6 cm³/mol. The topological polar surface area (TPSA) is 20.2 Å². The predicted octanol–water partition coefficient (Wildman–Crippen LogP) is 4.73. The number of hydrogen-bond donors (Lipinski definition) is 1. The number of fused-ring (bicyclic) bond motifs is 5. The normalized spacial score (nSPS) is 60.0. The lowest BCUT2D eigenvalue weighted by Crippen LogP contribution is -2.54. The van der Waals surface area contributed by atoms with E-state index in [4.69, 9.17) is 0 Å².